The molecule has 3 N–H and O–H groups in total. The summed E-state index contributed by atoms with van der Waals surface area (Å²) in [5.41, 5.74) is 1.61. The second-order valence-corrected chi connectivity index (χ2v) is 7.66. The topological polar surface area (TPSA) is 99.3 Å². The number of aromatic amines is 1. The molecule has 2 heterocycles. The van der Waals surface area contributed by atoms with Crippen LogP contribution in [0, 0.1) is 6.92 Å². The highest BCUT2D eigenvalue weighted by Crippen LogP contribution is 2.28. The minimum atomic E-state index is -3.69. The Hall–Kier alpha value is -2.32. The van der Waals surface area contributed by atoms with E-state index in [4.69, 9.17) is 5.11 Å². The van der Waals surface area contributed by atoms with Crippen molar-refractivity contribution < 1.29 is 18.3 Å². The number of hydrogen-bond acceptors (Lipinski definition) is 4. The summed E-state index contributed by atoms with van der Waals surface area (Å²) in [6.45, 7) is 1.82. The molecule has 0 unspecified atom stereocenters. The van der Waals surface area contributed by atoms with Crippen LogP contribution in [0.15, 0.2) is 39.9 Å². The summed E-state index contributed by atoms with van der Waals surface area (Å²) in [5, 5.41) is 11.4. The molecular formula is C14H12N2O4S2. The number of benzene rings is 1. The minimum absolute atomic E-state index is 0.0113. The van der Waals surface area contributed by atoms with Crippen LogP contribution < -0.4 is 4.72 Å². The average molecular weight is 336 g/mol. The predicted octanol–water partition coefficient (Wildman–Crippen LogP) is 3.04. The number of aromatic carboxylic acids is 1. The first-order valence-corrected chi connectivity index (χ1v) is 8.66. The van der Waals surface area contributed by atoms with Crippen LogP contribution in [0.2, 0.25) is 0 Å². The molecule has 0 aliphatic carbocycles. The van der Waals surface area contributed by atoms with Crippen LogP contribution >= 0.6 is 11.3 Å². The smallest absolute Gasteiger partial charge is 0.352 e. The van der Waals surface area contributed by atoms with Crippen molar-refractivity contribution in [2.75, 3.05) is 4.72 Å². The van der Waals surface area contributed by atoms with Crippen LogP contribution in [0.5, 0.6) is 0 Å². The van der Waals surface area contributed by atoms with Gasteiger partial charge in [0.05, 0.1) is 11.2 Å². The third-order valence-electron chi connectivity index (χ3n) is 3.11. The summed E-state index contributed by atoms with van der Waals surface area (Å²) in [7, 11) is -3.69. The van der Waals surface area contributed by atoms with Crippen LogP contribution in [-0.2, 0) is 10.0 Å². The van der Waals surface area contributed by atoms with E-state index >= 15 is 0 Å². The number of anilines is 1. The maximum atomic E-state index is 12.3. The summed E-state index contributed by atoms with van der Waals surface area (Å²) in [6, 6.07) is 8.10. The monoisotopic (exact) mass is 336 g/mol. The van der Waals surface area contributed by atoms with Gasteiger partial charge in [-0.2, -0.15) is 0 Å². The number of aryl methyl sites for hydroxylation is 1. The first-order valence-electron chi connectivity index (χ1n) is 6.30. The summed E-state index contributed by atoms with van der Waals surface area (Å²) >= 11 is 1.11. The minimum Gasteiger partial charge on any atom is -0.477 e. The fourth-order valence-corrected chi connectivity index (χ4v) is 4.26. The molecule has 0 spiro atoms. The Balaban J connectivity index is 2.12. The molecule has 0 saturated heterocycles. The Morgan fingerprint density at radius 2 is 2.09 bits per heavy atom. The van der Waals surface area contributed by atoms with Gasteiger partial charge in [-0.1, -0.05) is 6.07 Å². The highest BCUT2D eigenvalue weighted by atomic mass is 32.2. The lowest BCUT2D eigenvalue weighted by Gasteiger charge is -2.08. The molecular weight excluding hydrogens is 324 g/mol. The Morgan fingerprint density at radius 3 is 2.73 bits per heavy atom. The predicted molar refractivity (Wildman–Crippen MR) is 85.1 cm³/mol. The molecule has 0 radical (unpaired) electrons. The van der Waals surface area contributed by atoms with E-state index in [2.05, 4.69) is 9.71 Å². The molecule has 8 heteroatoms. The lowest BCUT2D eigenvalue weighted by Crippen LogP contribution is -2.12. The van der Waals surface area contributed by atoms with Crippen molar-refractivity contribution >= 4 is 43.9 Å². The second-order valence-electron chi connectivity index (χ2n) is 4.80. The van der Waals surface area contributed by atoms with Gasteiger partial charge in [0, 0.05) is 5.39 Å². The number of carboxylic acid groups (broad SMARTS) is 1. The summed E-state index contributed by atoms with van der Waals surface area (Å²) in [5.74, 6) is -1.10. The molecule has 3 rings (SSSR count). The molecule has 1 aromatic carbocycles. The number of sulfonamides is 1. The molecule has 0 amide bonds. The molecule has 0 atom stereocenters. The van der Waals surface area contributed by atoms with Gasteiger partial charge in [0.2, 0.25) is 0 Å². The van der Waals surface area contributed by atoms with Gasteiger partial charge in [0.25, 0.3) is 10.0 Å². The summed E-state index contributed by atoms with van der Waals surface area (Å²) < 4.78 is 27.4. The van der Waals surface area contributed by atoms with Crippen LogP contribution in [0.25, 0.3) is 10.9 Å². The normalized spacial score (nSPS) is 11.7. The lowest BCUT2D eigenvalue weighted by molar-refractivity contribution is 0.0691. The van der Waals surface area contributed by atoms with Crippen LogP contribution in [0.1, 0.15) is 16.1 Å². The fourth-order valence-electron chi connectivity index (χ4n) is 2.20. The lowest BCUT2D eigenvalue weighted by atomic mass is 10.1. The van der Waals surface area contributed by atoms with E-state index in [1.54, 1.807) is 23.6 Å². The Kier molecular flexibility index (Phi) is 3.42. The fraction of sp³-hybridized carbons (Fsp3) is 0.0714. The molecule has 3 aromatic rings. The van der Waals surface area contributed by atoms with Gasteiger partial charge < -0.3 is 10.1 Å². The molecule has 114 valence electrons. The number of thiophene rings is 1. The number of nitrogens with one attached hydrogen (secondary N) is 2. The van der Waals surface area contributed by atoms with Crippen molar-refractivity contribution in [2.45, 2.75) is 11.1 Å². The highest BCUT2D eigenvalue weighted by molar-refractivity contribution is 7.94. The van der Waals surface area contributed by atoms with Crippen molar-refractivity contribution in [1.29, 1.82) is 0 Å². The van der Waals surface area contributed by atoms with Crippen LogP contribution in [0.3, 0.4) is 0 Å². The van der Waals surface area contributed by atoms with Crippen molar-refractivity contribution in [3.63, 3.8) is 0 Å². The second kappa shape index (κ2) is 5.15. The highest BCUT2D eigenvalue weighted by Gasteiger charge is 2.18. The molecule has 22 heavy (non-hydrogen) atoms. The largest absolute Gasteiger partial charge is 0.477 e. The van der Waals surface area contributed by atoms with Gasteiger partial charge in [-0.05, 0) is 42.1 Å². The van der Waals surface area contributed by atoms with Gasteiger partial charge >= 0.3 is 5.97 Å². The Labute approximate surface area is 130 Å². The Morgan fingerprint density at radius 1 is 1.32 bits per heavy atom. The van der Waals surface area contributed by atoms with Crippen LogP contribution in [-0.4, -0.2) is 24.5 Å². The zero-order valence-corrected chi connectivity index (χ0v) is 13.1. The number of carbonyl (C=O) groups is 1. The number of aromatic nitrogens is 1. The van der Waals surface area contributed by atoms with Crippen molar-refractivity contribution in [3.05, 3.63) is 47.0 Å². The van der Waals surface area contributed by atoms with Gasteiger partial charge in [0.1, 0.15) is 9.90 Å². The first kappa shape index (κ1) is 14.6. The number of hydrogen-bond donors (Lipinski definition) is 3. The van der Waals surface area contributed by atoms with E-state index in [1.807, 2.05) is 6.92 Å². The third-order valence-corrected chi connectivity index (χ3v) is 5.87. The van der Waals surface area contributed by atoms with E-state index in [9.17, 15) is 13.2 Å². The van der Waals surface area contributed by atoms with Crippen LogP contribution in [0.4, 0.5) is 5.69 Å². The Bertz CT molecular complexity index is 956. The SMILES string of the molecule is Cc1cc(NS(=O)(=O)c2cccs2)c2[nH]c(C(=O)O)cc2c1. The zero-order valence-electron chi connectivity index (χ0n) is 11.5. The van der Waals surface area contributed by atoms with E-state index in [-0.39, 0.29) is 9.90 Å². The molecule has 2 aromatic heterocycles. The standard InChI is InChI=1S/C14H12N2O4S2/c1-8-5-9-7-11(14(17)18)15-13(9)10(6-8)16-22(19,20)12-3-2-4-21-12/h2-7,15-16H,1H3,(H,17,18). The number of carboxylic acids is 1. The third kappa shape index (κ3) is 2.58. The van der Waals surface area contributed by atoms with E-state index in [1.165, 1.54) is 12.1 Å². The molecule has 0 aliphatic rings. The van der Waals surface area contributed by atoms with E-state index in [0.29, 0.717) is 16.6 Å². The number of H-pyrrole nitrogens is 1. The van der Waals surface area contributed by atoms with Gasteiger partial charge in [0.15, 0.2) is 0 Å². The molecule has 0 bridgehead atoms. The quantitative estimate of drug-likeness (QED) is 0.682. The molecule has 6 nitrogen and oxygen atoms in total. The van der Waals surface area contributed by atoms with Crippen molar-refractivity contribution in [3.8, 4) is 0 Å². The van der Waals surface area contributed by atoms with Gasteiger partial charge in [-0.3, -0.25) is 4.72 Å². The number of rotatable bonds is 4. The molecule has 0 aliphatic heterocycles. The molecule has 0 saturated carbocycles. The van der Waals surface area contributed by atoms with Gasteiger partial charge in [-0.25, -0.2) is 13.2 Å². The zero-order chi connectivity index (χ0) is 15.9. The maximum absolute atomic E-state index is 12.3. The average Bonchev–Trinajstić information content (AvgIpc) is 3.07. The summed E-state index contributed by atoms with van der Waals surface area (Å²) in [4.78, 5) is 13.8. The summed E-state index contributed by atoms with van der Waals surface area (Å²) in [6.07, 6.45) is 0. The van der Waals surface area contributed by atoms with Crippen molar-refractivity contribution in [1.82, 2.24) is 4.98 Å². The maximum Gasteiger partial charge on any atom is 0.352 e. The number of fused-ring (bicyclic) bond motifs is 1. The first-order chi connectivity index (χ1) is 10.4. The van der Waals surface area contributed by atoms with E-state index < -0.39 is 16.0 Å². The molecule has 0 fully saturated rings. The van der Waals surface area contributed by atoms with Crippen molar-refractivity contribution in [2.24, 2.45) is 0 Å². The van der Waals surface area contributed by atoms with Gasteiger partial charge in [-0.15, -0.1) is 11.3 Å². The van der Waals surface area contributed by atoms with E-state index in [0.717, 1.165) is 16.9 Å².